The second-order valence-electron chi connectivity index (χ2n) is 5.30. The predicted octanol–water partition coefficient (Wildman–Crippen LogP) is 2.70. The van der Waals surface area contributed by atoms with Gasteiger partial charge < -0.3 is 9.47 Å². The zero-order chi connectivity index (χ0) is 13.3. The quantitative estimate of drug-likeness (QED) is 0.646. The van der Waals surface area contributed by atoms with E-state index in [1.807, 2.05) is 27.7 Å². The minimum absolute atomic E-state index is 0.0181. The molecule has 0 saturated heterocycles. The minimum atomic E-state index is -0.247. The zero-order valence-electron chi connectivity index (χ0n) is 11.4. The third kappa shape index (κ3) is 11.2. The lowest BCUT2D eigenvalue weighted by Gasteiger charge is -2.17. The van der Waals surface area contributed by atoms with E-state index in [4.69, 9.17) is 9.47 Å². The van der Waals surface area contributed by atoms with Gasteiger partial charge in [0, 0.05) is 12.8 Å². The van der Waals surface area contributed by atoms with Crippen molar-refractivity contribution in [1.82, 2.24) is 0 Å². The second-order valence-corrected chi connectivity index (χ2v) is 5.30. The van der Waals surface area contributed by atoms with E-state index in [0.717, 1.165) is 6.42 Å². The molecule has 0 aromatic carbocycles. The zero-order valence-corrected chi connectivity index (χ0v) is 11.4. The van der Waals surface area contributed by atoms with Gasteiger partial charge in [0.15, 0.2) is 0 Å². The Labute approximate surface area is 104 Å². The van der Waals surface area contributed by atoms with Crippen LogP contribution in [0.15, 0.2) is 0 Å². The highest BCUT2D eigenvalue weighted by molar-refractivity contribution is 5.72. The fraction of sp³-hybridized carbons (Fsp3) is 0.846. The molecule has 4 nitrogen and oxygen atoms in total. The normalized spacial score (nSPS) is 11.1. The molecule has 0 atom stereocenters. The maximum absolute atomic E-state index is 11.3. The van der Waals surface area contributed by atoms with Gasteiger partial charge in [-0.3, -0.25) is 9.59 Å². The first-order valence-corrected chi connectivity index (χ1v) is 6.16. The maximum Gasteiger partial charge on any atom is 0.305 e. The van der Waals surface area contributed by atoms with Crippen molar-refractivity contribution in [3.05, 3.63) is 0 Å². The molecule has 0 aliphatic heterocycles. The van der Waals surface area contributed by atoms with E-state index in [1.54, 1.807) is 0 Å². The lowest BCUT2D eigenvalue weighted by atomic mass is 9.99. The summed E-state index contributed by atoms with van der Waals surface area (Å²) in [5.74, 6) is -0.487. The average molecular weight is 244 g/mol. The molecule has 0 spiro atoms. The Hall–Kier alpha value is -1.06. The Balaban J connectivity index is 3.54. The molecule has 0 aliphatic rings. The van der Waals surface area contributed by atoms with E-state index >= 15 is 0 Å². The van der Waals surface area contributed by atoms with Gasteiger partial charge in [0.1, 0.15) is 0 Å². The minimum Gasteiger partial charge on any atom is -0.466 e. The molecule has 100 valence electrons. The van der Waals surface area contributed by atoms with Gasteiger partial charge in [-0.15, -0.1) is 0 Å². The number of ether oxygens (including phenoxy) is 2. The topological polar surface area (TPSA) is 52.6 Å². The van der Waals surface area contributed by atoms with Crippen LogP contribution in [0.2, 0.25) is 0 Å². The smallest absolute Gasteiger partial charge is 0.305 e. The molecule has 0 amide bonds. The highest BCUT2D eigenvalue weighted by Gasteiger charge is 2.14. The number of carbonyl (C=O) groups excluding carboxylic acids is 2. The molecule has 0 radical (unpaired) electrons. The van der Waals surface area contributed by atoms with Crippen molar-refractivity contribution in [2.75, 3.05) is 13.2 Å². The molecular formula is C13H24O4. The predicted molar refractivity (Wildman–Crippen MR) is 65.5 cm³/mol. The van der Waals surface area contributed by atoms with Crippen LogP contribution in [0.25, 0.3) is 0 Å². The third-order valence-electron chi connectivity index (χ3n) is 1.90. The molecule has 4 heteroatoms. The fourth-order valence-corrected chi connectivity index (χ4v) is 1.03. The molecule has 0 bridgehead atoms. The van der Waals surface area contributed by atoms with E-state index in [-0.39, 0.29) is 30.2 Å². The van der Waals surface area contributed by atoms with Crippen LogP contribution in [0, 0.1) is 5.41 Å². The van der Waals surface area contributed by atoms with E-state index in [0.29, 0.717) is 19.6 Å². The lowest BCUT2D eigenvalue weighted by molar-refractivity contribution is -0.147. The number of carbonyl (C=O) groups is 2. The molecule has 0 saturated carbocycles. The number of esters is 2. The SMILES string of the molecule is CCCOC(=O)CCCC(=O)OCC(C)(C)C. The largest absolute Gasteiger partial charge is 0.466 e. The van der Waals surface area contributed by atoms with Crippen LogP contribution in [0.3, 0.4) is 0 Å². The van der Waals surface area contributed by atoms with Crippen LogP contribution in [0.1, 0.15) is 53.4 Å². The Kier molecular flexibility index (Phi) is 7.59. The summed E-state index contributed by atoms with van der Waals surface area (Å²) in [5.41, 5.74) is -0.0181. The fourth-order valence-electron chi connectivity index (χ4n) is 1.03. The van der Waals surface area contributed by atoms with Crippen molar-refractivity contribution < 1.29 is 19.1 Å². The molecule has 0 rings (SSSR count). The van der Waals surface area contributed by atoms with Crippen LogP contribution in [-0.4, -0.2) is 25.2 Å². The molecule has 0 aromatic rings. The third-order valence-corrected chi connectivity index (χ3v) is 1.90. The highest BCUT2D eigenvalue weighted by Crippen LogP contribution is 2.13. The Bertz CT molecular complexity index is 240. The summed E-state index contributed by atoms with van der Waals surface area (Å²) in [6.45, 7) is 8.81. The van der Waals surface area contributed by atoms with Crippen molar-refractivity contribution in [3.63, 3.8) is 0 Å². The summed E-state index contributed by atoms with van der Waals surface area (Å²) < 4.78 is 9.97. The lowest BCUT2D eigenvalue weighted by Crippen LogP contribution is -2.18. The summed E-state index contributed by atoms with van der Waals surface area (Å²) in [4.78, 5) is 22.4. The second kappa shape index (κ2) is 8.09. The molecule has 0 aromatic heterocycles. The van der Waals surface area contributed by atoms with Crippen LogP contribution < -0.4 is 0 Å². The average Bonchev–Trinajstić information content (AvgIpc) is 2.22. The Morgan fingerprint density at radius 1 is 1.00 bits per heavy atom. The van der Waals surface area contributed by atoms with E-state index < -0.39 is 0 Å². The van der Waals surface area contributed by atoms with Crippen LogP contribution >= 0.6 is 0 Å². The van der Waals surface area contributed by atoms with Gasteiger partial charge in [-0.25, -0.2) is 0 Å². The van der Waals surface area contributed by atoms with Crippen molar-refractivity contribution in [1.29, 1.82) is 0 Å². The number of hydrogen-bond acceptors (Lipinski definition) is 4. The van der Waals surface area contributed by atoms with Gasteiger partial charge in [0.25, 0.3) is 0 Å². The Morgan fingerprint density at radius 3 is 2.00 bits per heavy atom. The maximum atomic E-state index is 11.3. The van der Waals surface area contributed by atoms with Gasteiger partial charge in [-0.05, 0) is 18.3 Å². The van der Waals surface area contributed by atoms with E-state index in [1.165, 1.54) is 0 Å². The molecule has 0 heterocycles. The molecular weight excluding hydrogens is 220 g/mol. The van der Waals surface area contributed by atoms with Crippen LogP contribution in [-0.2, 0) is 19.1 Å². The van der Waals surface area contributed by atoms with Gasteiger partial charge in [-0.1, -0.05) is 27.7 Å². The number of rotatable bonds is 7. The molecule has 0 fully saturated rings. The molecule has 0 aliphatic carbocycles. The summed E-state index contributed by atoms with van der Waals surface area (Å²) >= 11 is 0. The van der Waals surface area contributed by atoms with Gasteiger partial charge in [0.2, 0.25) is 0 Å². The molecule has 0 N–H and O–H groups in total. The first-order chi connectivity index (χ1) is 7.85. The van der Waals surface area contributed by atoms with Gasteiger partial charge in [-0.2, -0.15) is 0 Å². The summed E-state index contributed by atoms with van der Waals surface area (Å²) in [7, 11) is 0. The standard InChI is InChI=1S/C13H24O4/c1-5-9-16-11(14)7-6-8-12(15)17-10-13(2,3)4/h5-10H2,1-4H3. The van der Waals surface area contributed by atoms with Crippen molar-refractivity contribution >= 4 is 11.9 Å². The molecule has 17 heavy (non-hydrogen) atoms. The van der Waals surface area contributed by atoms with Gasteiger partial charge >= 0.3 is 11.9 Å². The van der Waals surface area contributed by atoms with Crippen molar-refractivity contribution in [2.24, 2.45) is 5.41 Å². The van der Waals surface area contributed by atoms with E-state index in [2.05, 4.69) is 0 Å². The molecule has 0 unspecified atom stereocenters. The van der Waals surface area contributed by atoms with Crippen LogP contribution in [0.4, 0.5) is 0 Å². The highest BCUT2D eigenvalue weighted by atomic mass is 16.5. The monoisotopic (exact) mass is 244 g/mol. The number of hydrogen-bond donors (Lipinski definition) is 0. The summed E-state index contributed by atoms with van der Waals surface area (Å²) in [6, 6.07) is 0. The van der Waals surface area contributed by atoms with Crippen molar-refractivity contribution in [3.8, 4) is 0 Å². The van der Waals surface area contributed by atoms with Crippen molar-refractivity contribution in [2.45, 2.75) is 53.4 Å². The first-order valence-electron chi connectivity index (χ1n) is 6.16. The first kappa shape index (κ1) is 15.9. The summed E-state index contributed by atoms with van der Waals surface area (Å²) in [5, 5.41) is 0. The van der Waals surface area contributed by atoms with Crippen LogP contribution in [0.5, 0.6) is 0 Å². The van der Waals surface area contributed by atoms with Gasteiger partial charge in [0.05, 0.1) is 13.2 Å². The Morgan fingerprint density at radius 2 is 1.53 bits per heavy atom. The summed E-state index contributed by atoms with van der Waals surface area (Å²) in [6.07, 6.45) is 1.87. The van der Waals surface area contributed by atoms with E-state index in [9.17, 15) is 9.59 Å².